The van der Waals surface area contributed by atoms with E-state index in [0.29, 0.717) is 17.0 Å². The average molecular weight is 400 g/mol. The molecule has 25 heavy (non-hydrogen) atoms. The molecule has 2 aromatic carbocycles. The highest BCUT2D eigenvalue weighted by atomic mass is 79.9. The highest BCUT2D eigenvalue weighted by Gasteiger charge is 2.21. The number of halogens is 1. The maximum atomic E-state index is 12.0. The molecule has 0 radical (unpaired) electrons. The Balaban J connectivity index is 2.22. The Labute approximate surface area is 152 Å². The van der Waals surface area contributed by atoms with Crippen molar-refractivity contribution in [2.75, 3.05) is 0 Å². The molecule has 0 aliphatic carbocycles. The number of nitrogens with zero attached hydrogens (tertiary/aromatic N) is 3. The number of hydrogen-bond donors (Lipinski definition) is 0. The van der Waals surface area contributed by atoms with Gasteiger partial charge in [-0.3, -0.25) is 14.9 Å². The van der Waals surface area contributed by atoms with Gasteiger partial charge in [0.15, 0.2) is 0 Å². The molecule has 0 N–H and O–H groups in total. The largest absolute Gasteiger partial charge is 0.273 e. The van der Waals surface area contributed by atoms with Gasteiger partial charge in [-0.25, -0.2) is 5.01 Å². The Morgan fingerprint density at radius 1 is 1.20 bits per heavy atom. The number of rotatable bonds is 2. The summed E-state index contributed by atoms with van der Waals surface area (Å²) in [5.41, 5.74) is 3.74. The molecule has 3 rings (SSSR count). The molecule has 0 aromatic heterocycles. The van der Waals surface area contributed by atoms with Crippen molar-refractivity contribution in [1.82, 2.24) is 5.01 Å². The molecule has 126 valence electrons. The molecule has 2 aromatic rings. The molecular weight excluding hydrogens is 386 g/mol. The van der Waals surface area contributed by atoms with E-state index in [1.54, 1.807) is 12.1 Å². The van der Waals surface area contributed by atoms with Crippen molar-refractivity contribution in [1.29, 1.82) is 0 Å². The van der Waals surface area contributed by atoms with Crippen LogP contribution in [0.2, 0.25) is 0 Å². The first-order chi connectivity index (χ1) is 11.9. The van der Waals surface area contributed by atoms with E-state index in [-0.39, 0.29) is 11.6 Å². The Hall–Kier alpha value is -2.80. The van der Waals surface area contributed by atoms with Crippen molar-refractivity contribution in [3.8, 4) is 0 Å². The molecule has 1 amide bonds. The van der Waals surface area contributed by atoms with Crippen LogP contribution in [-0.4, -0.2) is 21.6 Å². The summed E-state index contributed by atoms with van der Waals surface area (Å²) >= 11 is 3.46. The summed E-state index contributed by atoms with van der Waals surface area (Å²) in [5.74, 6) is -0.208. The van der Waals surface area contributed by atoms with Crippen LogP contribution in [-0.2, 0) is 4.79 Å². The zero-order valence-electron chi connectivity index (χ0n) is 13.6. The van der Waals surface area contributed by atoms with E-state index in [1.807, 2.05) is 31.2 Å². The number of benzene rings is 2. The number of nitro benzene ring substituents is 1. The summed E-state index contributed by atoms with van der Waals surface area (Å²) in [6.07, 6.45) is 1.89. The summed E-state index contributed by atoms with van der Waals surface area (Å²) in [7, 11) is 0. The number of carbonyl (C=O) groups excluding carboxylic acids is 1. The second kappa shape index (κ2) is 6.60. The topological polar surface area (TPSA) is 75.8 Å². The third kappa shape index (κ3) is 3.36. The van der Waals surface area contributed by atoms with E-state index >= 15 is 0 Å². The van der Waals surface area contributed by atoms with Gasteiger partial charge in [0.1, 0.15) is 0 Å². The van der Waals surface area contributed by atoms with Crippen LogP contribution in [0.1, 0.15) is 30.5 Å². The summed E-state index contributed by atoms with van der Waals surface area (Å²) in [6, 6.07) is 11.9. The van der Waals surface area contributed by atoms with Crippen LogP contribution in [0.4, 0.5) is 5.69 Å². The predicted molar refractivity (Wildman–Crippen MR) is 99.0 cm³/mol. The molecule has 6 nitrogen and oxygen atoms in total. The van der Waals surface area contributed by atoms with Gasteiger partial charge in [-0.1, -0.05) is 22.0 Å². The molecule has 0 saturated carbocycles. The number of fused-ring (bicyclic) bond motifs is 1. The number of nitro groups is 1. The van der Waals surface area contributed by atoms with Crippen LogP contribution in [0, 0.1) is 10.1 Å². The predicted octanol–water partition coefficient (Wildman–Crippen LogP) is 4.33. The number of non-ortho nitro benzene ring substituents is 1. The van der Waals surface area contributed by atoms with Gasteiger partial charge in [-0.2, -0.15) is 5.10 Å². The molecule has 7 heteroatoms. The van der Waals surface area contributed by atoms with E-state index in [9.17, 15) is 14.9 Å². The van der Waals surface area contributed by atoms with E-state index in [2.05, 4.69) is 21.0 Å². The lowest BCUT2D eigenvalue weighted by molar-refractivity contribution is -0.384. The Bertz CT molecular complexity index is 933. The van der Waals surface area contributed by atoms with Crippen LogP contribution in [0.5, 0.6) is 0 Å². The van der Waals surface area contributed by atoms with E-state index in [1.165, 1.54) is 24.1 Å². The minimum atomic E-state index is -0.448. The number of carbonyl (C=O) groups is 1. The Morgan fingerprint density at radius 2 is 1.88 bits per heavy atom. The standard InChI is InChI=1S/C18H14BrN3O3/c1-11-9-14-3-6-15(19)10-17(14)18(20-21(11)12(2)23)13-4-7-16(8-5-13)22(24)25/h3-10H,1-2H3. The summed E-state index contributed by atoms with van der Waals surface area (Å²) < 4.78 is 0.878. The number of hydrazone groups is 1. The third-order valence-electron chi connectivity index (χ3n) is 3.82. The maximum absolute atomic E-state index is 12.0. The Kier molecular flexibility index (Phi) is 4.50. The first-order valence-corrected chi connectivity index (χ1v) is 8.28. The lowest BCUT2D eigenvalue weighted by Gasteiger charge is -2.16. The van der Waals surface area contributed by atoms with E-state index in [4.69, 9.17) is 0 Å². The normalized spacial score (nSPS) is 13.5. The quantitative estimate of drug-likeness (QED) is 0.556. The van der Waals surface area contributed by atoms with Crippen LogP contribution >= 0.6 is 15.9 Å². The number of allylic oxidation sites excluding steroid dienone is 1. The zero-order chi connectivity index (χ0) is 18.1. The SMILES string of the molecule is CC(=O)N1N=C(c2ccc([N+](=O)[O-])cc2)c2cc(Br)ccc2C=C1C. The summed E-state index contributed by atoms with van der Waals surface area (Å²) in [6.45, 7) is 3.26. The van der Waals surface area contributed by atoms with Gasteiger partial charge < -0.3 is 0 Å². The van der Waals surface area contributed by atoms with Crippen molar-refractivity contribution in [2.45, 2.75) is 13.8 Å². The highest BCUT2D eigenvalue weighted by Crippen LogP contribution is 2.27. The van der Waals surface area contributed by atoms with Crippen molar-refractivity contribution >= 4 is 39.3 Å². The fourth-order valence-corrected chi connectivity index (χ4v) is 3.01. The third-order valence-corrected chi connectivity index (χ3v) is 4.31. The van der Waals surface area contributed by atoms with Gasteiger partial charge in [0.25, 0.3) is 5.69 Å². The van der Waals surface area contributed by atoms with Crippen molar-refractivity contribution in [3.63, 3.8) is 0 Å². The number of hydrogen-bond acceptors (Lipinski definition) is 4. The van der Waals surface area contributed by atoms with Crippen molar-refractivity contribution in [3.05, 3.63) is 79.4 Å². The molecule has 1 aliphatic rings. The van der Waals surface area contributed by atoms with Crippen LogP contribution < -0.4 is 0 Å². The van der Waals surface area contributed by atoms with Crippen molar-refractivity contribution in [2.24, 2.45) is 5.10 Å². The minimum Gasteiger partial charge on any atom is -0.273 e. The lowest BCUT2D eigenvalue weighted by Crippen LogP contribution is -2.22. The van der Waals surface area contributed by atoms with Gasteiger partial charge in [0.2, 0.25) is 5.91 Å². The lowest BCUT2D eigenvalue weighted by atomic mass is 9.97. The molecule has 0 fully saturated rings. The molecule has 1 aliphatic heterocycles. The van der Waals surface area contributed by atoms with Crippen LogP contribution in [0.15, 0.2) is 57.7 Å². The molecule has 0 spiro atoms. The average Bonchev–Trinajstić information content (AvgIpc) is 2.71. The minimum absolute atomic E-state index is 0.00478. The van der Waals surface area contributed by atoms with Crippen molar-refractivity contribution < 1.29 is 9.72 Å². The molecule has 0 bridgehead atoms. The van der Waals surface area contributed by atoms with Crippen LogP contribution in [0.25, 0.3) is 6.08 Å². The molecule has 0 saturated heterocycles. The molecular formula is C18H14BrN3O3. The first-order valence-electron chi connectivity index (χ1n) is 7.49. The zero-order valence-corrected chi connectivity index (χ0v) is 15.1. The van der Waals surface area contributed by atoms with Crippen LogP contribution in [0.3, 0.4) is 0 Å². The maximum Gasteiger partial charge on any atom is 0.269 e. The van der Waals surface area contributed by atoms with E-state index < -0.39 is 4.92 Å². The fourth-order valence-electron chi connectivity index (χ4n) is 2.65. The molecule has 1 heterocycles. The Morgan fingerprint density at radius 3 is 2.48 bits per heavy atom. The van der Waals surface area contributed by atoms with Gasteiger partial charge in [-0.05, 0) is 42.8 Å². The van der Waals surface area contributed by atoms with Gasteiger partial charge in [0, 0.05) is 40.4 Å². The van der Waals surface area contributed by atoms with Gasteiger partial charge in [0.05, 0.1) is 10.6 Å². The molecule has 0 unspecified atom stereocenters. The van der Waals surface area contributed by atoms with E-state index in [0.717, 1.165) is 15.6 Å². The second-order valence-electron chi connectivity index (χ2n) is 5.60. The summed E-state index contributed by atoms with van der Waals surface area (Å²) in [5, 5.41) is 16.7. The fraction of sp³-hybridized carbons (Fsp3) is 0.111. The number of amides is 1. The molecule has 0 atom stereocenters. The monoisotopic (exact) mass is 399 g/mol. The smallest absolute Gasteiger partial charge is 0.269 e. The highest BCUT2D eigenvalue weighted by molar-refractivity contribution is 9.10. The first kappa shape index (κ1) is 17.0. The van der Waals surface area contributed by atoms with Gasteiger partial charge in [-0.15, -0.1) is 0 Å². The second-order valence-corrected chi connectivity index (χ2v) is 6.52. The summed E-state index contributed by atoms with van der Waals surface area (Å²) in [4.78, 5) is 22.4. The van der Waals surface area contributed by atoms with Gasteiger partial charge >= 0.3 is 0 Å².